The molecule has 0 saturated heterocycles. The number of benzene rings is 1. The van der Waals surface area contributed by atoms with Crippen molar-refractivity contribution in [3.8, 4) is 5.75 Å². The molecule has 0 saturated carbocycles. The van der Waals surface area contributed by atoms with Crippen molar-refractivity contribution in [3.63, 3.8) is 0 Å². The van der Waals surface area contributed by atoms with Crippen LogP contribution in [-0.4, -0.2) is 17.7 Å². The molecule has 0 aromatic heterocycles. The van der Waals surface area contributed by atoms with Crippen molar-refractivity contribution in [1.82, 2.24) is 0 Å². The lowest BCUT2D eigenvalue weighted by atomic mass is 9.86. The van der Waals surface area contributed by atoms with Gasteiger partial charge in [-0.25, -0.2) is 4.79 Å². The maximum Gasteiger partial charge on any atom is 0.328 e. The fourth-order valence-corrected chi connectivity index (χ4v) is 3.70. The largest absolute Gasteiger partial charge is 0.493 e. The topological polar surface area (TPSA) is 46.5 Å². The van der Waals surface area contributed by atoms with Crippen molar-refractivity contribution < 1.29 is 14.6 Å². The third kappa shape index (κ3) is 9.76. The standard InChI is InChI=1S/C28H44O3/c1-8-9-10-11-12-16-31-28-25(21(4)5)18-24(20(2)3)19-26(28)23(7)15-13-14-22(6)17-27(29)30/h13-14,17-21,23H,8-12,15-16H2,1-7H3,(H,29,30)/b14-13+,22-17-. The summed E-state index contributed by atoms with van der Waals surface area (Å²) in [5, 5.41) is 8.90. The van der Waals surface area contributed by atoms with Crippen molar-refractivity contribution in [3.05, 3.63) is 52.6 Å². The van der Waals surface area contributed by atoms with E-state index >= 15 is 0 Å². The third-order valence-corrected chi connectivity index (χ3v) is 5.70. The van der Waals surface area contributed by atoms with E-state index in [4.69, 9.17) is 9.84 Å². The van der Waals surface area contributed by atoms with E-state index in [0.29, 0.717) is 17.8 Å². The number of unbranched alkanes of at least 4 members (excludes halogenated alkanes) is 4. The predicted molar refractivity (Wildman–Crippen MR) is 132 cm³/mol. The van der Waals surface area contributed by atoms with E-state index in [1.807, 2.05) is 13.0 Å². The molecule has 3 nitrogen and oxygen atoms in total. The van der Waals surface area contributed by atoms with Crippen LogP contribution < -0.4 is 4.74 Å². The lowest BCUT2D eigenvalue weighted by molar-refractivity contribution is -0.131. The Hall–Kier alpha value is -2.03. The van der Waals surface area contributed by atoms with E-state index < -0.39 is 5.97 Å². The molecular weight excluding hydrogens is 384 g/mol. The molecule has 31 heavy (non-hydrogen) atoms. The highest BCUT2D eigenvalue weighted by atomic mass is 16.5. The molecule has 0 amide bonds. The quantitative estimate of drug-likeness (QED) is 0.184. The fourth-order valence-electron chi connectivity index (χ4n) is 3.70. The summed E-state index contributed by atoms with van der Waals surface area (Å²) < 4.78 is 6.43. The predicted octanol–water partition coefficient (Wildman–Crippen LogP) is 8.36. The first-order valence-corrected chi connectivity index (χ1v) is 12.1. The molecule has 0 spiro atoms. The van der Waals surface area contributed by atoms with Gasteiger partial charge in [0.15, 0.2) is 0 Å². The lowest BCUT2D eigenvalue weighted by Gasteiger charge is -2.24. The second kappa shape index (κ2) is 14.1. The second-order valence-corrected chi connectivity index (χ2v) is 9.37. The van der Waals surface area contributed by atoms with Gasteiger partial charge in [0, 0.05) is 6.08 Å². The minimum absolute atomic E-state index is 0.292. The summed E-state index contributed by atoms with van der Waals surface area (Å²) in [6, 6.07) is 4.65. The smallest absolute Gasteiger partial charge is 0.328 e. The number of carboxylic acid groups (broad SMARTS) is 1. The number of carboxylic acids is 1. The van der Waals surface area contributed by atoms with Gasteiger partial charge in [-0.15, -0.1) is 0 Å². The van der Waals surface area contributed by atoms with Gasteiger partial charge in [0.2, 0.25) is 0 Å². The minimum atomic E-state index is -0.906. The summed E-state index contributed by atoms with van der Waals surface area (Å²) in [4.78, 5) is 10.8. The minimum Gasteiger partial charge on any atom is -0.493 e. The highest BCUT2D eigenvalue weighted by molar-refractivity contribution is 5.81. The van der Waals surface area contributed by atoms with E-state index in [9.17, 15) is 4.79 Å². The van der Waals surface area contributed by atoms with Gasteiger partial charge in [-0.2, -0.15) is 0 Å². The first kappa shape index (κ1) is 27.0. The maximum absolute atomic E-state index is 10.8. The lowest BCUT2D eigenvalue weighted by Crippen LogP contribution is -2.08. The number of ether oxygens (including phenoxy) is 1. The van der Waals surface area contributed by atoms with Gasteiger partial charge < -0.3 is 9.84 Å². The van der Waals surface area contributed by atoms with Gasteiger partial charge >= 0.3 is 5.97 Å². The third-order valence-electron chi connectivity index (χ3n) is 5.70. The highest BCUT2D eigenvalue weighted by Crippen LogP contribution is 2.39. The van der Waals surface area contributed by atoms with Gasteiger partial charge in [0.05, 0.1) is 6.61 Å². The Kier molecular flexibility index (Phi) is 12.3. The zero-order valence-electron chi connectivity index (χ0n) is 20.8. The summed E-state index contributed by atoms with van der Waals surface area (Å²) in [5.74, 6) is 1.31. The summed E-state index contributed by atoms with van der Waals surface area (Å²) in [7, 11) is 0. The van der Waals surface area contributed by atoms with Crippen LogP contribution in [0.25, 0.3) is 0 Å². The molecule has 1 unspecified atom stereocenters. The highest BCUT2D eigenvalue weighted by Gasteiger charge is 2.19. The Morgan fingerprint density at radius 2 is 1.65 bits per heavy atom. The van der Waals surface area contributed by atoms with E-state index in [0.717, 1.165) is 30.8 Å². The summed E-state index contributed by atoms with van der Waals surface area (Å²) in [6.45, 7) is 16.0. The molecular formula is C28H44O3. The van der Waals surface area contributed by atoms with E-state index in [-0.39, 0.29) is 0 Å². The zero-order valence-corrected chi connectivity index (χ0v) is 20.8. The number of allylic oxidation sites excluding steroid dienone is 3. The van der Waals surface area contributed by atoms with Gasteiger partial charge in [-0.1, -0.05) is 91.5 Å². The average molecular weight is 429 g/mol. The summed E-state index contributed by atoms with van der Waals surface area (Å²) in [5.41, 5.74) is 4.68. The second-order valence-electron chi connectivity index (χ2n) is 9.37. The number of hydrogen-bond donors (Lipinski definition) is 1. The molecule has 3 heteroatoms. The Labute approximate surface area is 190 Å². The van der Waals surface area contributed by atoms with Gasteiger partial charge in [-0.3, -0.25) is 0 Å². The molecule has 1 rings (SSSR count). The van der Waals surface area contributed by atoms with Crippen LogP contribution in [0.4, 0.5) is 0 Å². The molecule has 0 aliphatic heterocycles. The molecule has 174 valence electrons. The van der Waals surface area contributed by atoms with Crippen LogP contribution in [0.15, 0.2) is 35.9 Å². The zero-order chi connectivity index (χ0) is 23.4. The van der Waals surface area contributed by atoms with Crippen LogP contribution in [0, 0.1) is 0 Å². The molecule has 1 aromatic rings. The monoisotopic (exact) mass is 428 g/mol. The molecule has 0 aliphatic carbocycles. The fraction of sp³-hybridized carbons (Fsp3) is 0.607. The van der Waals surface area contributed by atoms with Gasteiger partial charge in [-0.05, 0) is 59.8 Å². The van der Waals surface area contributed by atoms with Crippen molar-refractivity contribution in [2.45, 2.75) is 105 Å². The first-order valence-electron chi connectivity index (χ1n) is 12.1. The normalized spacial score (nSPS) is 13.4. The summed E-state index contributed by atoms with van der Waals surface area (Å²) in [6.07, 6.45) is 12.2. The number of aliphatic carboxylic acids is 1. The van der Waals surface area contributed by atoms with E-state index in [1.165, 1.54) is 48.4 Å². The SMILES string of the molecule is CCCCCCCOc1c(C(C)C)cc(C(C)C)cc1C(C)C/C=C/C(C)=C\C(=O)O. The van der Waals surface area contributed by atoms with E-state index in [1.54, 1.807) is 0 Å². The first-order chi connectivity index (χ1) is 14.7. The Morgan fingerprint density at radius 1 is 1.00 bits per heavy atom. The molecule has 1 N–H and O–H groups in total. The van der Waals surface area contributed by atoms with Crippen molar-refractivity contribution in [1.29, 1.82) is 0 Å². The molecule has 1 aromatic carbocycles. The molecule has 0 radical (unpaired) electrons. The number of hydrogen-bond acceptors (Lipinski definition) is 2. The van der Waals surface area contributed by atoms with Crippen LogP contribution >= 0.6 is 0 Å². The number of rotatable bonds is 14. The maximum atomic E-state index is 10.8. The van der Waals surface area contributed by atoms with Gasteiger partial charge in [0.25, 0.3) is 0 Å². The van der Waals surface area contributed by atoms with Gasteiger partial charge in [0.1, 0.15) is 5.75 Å². The van der Waals surface area contributed by atoms with E-state index in [2.05, 4.69) is 59.8 Å². The van der Waals surface area contributed by atoms with Crippen molar-refractivity contribution in [2.24, 2.45) is 0 Å². The summed E-state index contributed by atoms with van der Waals surface area (Å²) >= 11 is 0. The van der Waals surface area contributed by atoms with Crippen LogP contribution in [0.3, 0.4) is 0 Å². The van der Waals surface area contributed by atoms with Crippen molar-refractivity contribution >= 4 is 5.97 Å². The van der Waals surface area contributed by atoms with Crippen LogP contribution in [0.2, 0.25) is 0 Å². The molecule has 0 aliphatic rings. The Bertz CT molecular complexity index is 741. The van der Waals surface area contributed by atoms with Crippen LogP contribution in [0.5, 0.6) is 5.75 Å². The molecule has 0 heterocycles. The average Bonchev–Trinajstić information content (AvgIpc) is 2.69. The molecule has 0 bridgehead atoms. The Balaban J connectivity index is 3.12. The Morgan fingerprint density at radius 3 is 2.23 bits per heavy atom. The van der Waals surface area contributed by atoms with Crippen molar-refractivity contribution in [2.75, 3.05) is 6.61 Å². The van der Waals surface area contributed by atoms with Crippen LogP contribution in [0.1, 0.15) is 121 Å². The molecule has 1 atom stereocenters. The molecule has 0 fully saturated rings. The van der Waals surface area contributed by atoms with Crippen LogP contribution in [-0.2, 0) is 4.79 Å². The number of carbonyl (C=O) groups is 1.